The number of rotatable bonds is 5. The molecule has 0 aliphatic heterocycles. The Morgan fingerprint density at radius 2 is 1.79 bits per heavy atom. The zero-order valence-electron chi connectivity index (χ0n) is 13.7. The molecule has 0 fully saturated rings. The van der Waals surface area contributed by atoms with E-state index in [-0.39, 0.29) is 18.5 Å². The molecule has 0 bridgehead atoms. The summed E-state index contributed by atoms with van der Waals surface area (Å²) >= 11 is 18.3. The molecule has 0 aliphatic rings. The van der Waals surface area contributed by atoms with Gasteiger partial charge in [-0.15, -0.1) is 0 Å². The number of hydrogen-bond donors (Lipinski definition) is 2. The number of nitrogens with one attached hydrogen (secondary N) is 2. The van der Waals surface area contributed by atoms with Gasteiger partial charge in [0.15, 0.2) is 0 Å². The van der Waals surface area contributed by atoms with Crippen LogP contribution in [0.15, 0.2) is 30.3 Å². The molecule has 0 spiro atoms. The van der Waals surface area contributed by atoms with E-state index in [0.29, 0.717) is 20.8 Å². The van der Waals surface area contributed by atoms with Crippen molar-refractivity contribution in [3.05, 3.63) is 62.1 Å². The van der Waals surface area contributed by atoms with Gasteiger partial charge in [-0.25, -0.2) is 0 Å². The van der Waals surface area contributed by atoms with Crippen LogP contribution >= 0.6 is 34.8 Å². The lowest BCUT2D eigenvalue weighted by Gasteiger charge is -2.17. The summed E-state index contributed by atoms with van der Waals surface area (Å²) in [5.74, 6) is -0.166. The fourth-order valence-electron chi connectivity index (χ4n) is 2.47. The first-order valence-corrected chi connectivity index (χ1v) is 8.66. The van der Waals surface area contributed by atoms with E-state index >= 15 is 0 Å². The van der Waals surface area contributed by atoms with Crippen LogP contribution in [0.4, 0.5) is 5.69 Å². The highest BCUT2D eigenvalue weighted by Gasteiger charge is 2.13. The predicted molar refractivity (Wildman–Crippen MR) is 102 cm³/mol. The van der Waals surface area contributed by atoms with E-state index < -0.39 is 0 Å². The molecular formula is C18H19Cl3N2O. The fourth-order valence-corrected chi connectivity index (χ4v) is 3.41. The molecule has 1 atom stereocenters. The Morgan fingerprint density at radius 1 is 1.08 bits per heavy atom. The highest BCUT2D eigenvalue weighted by Crippen LogP contribution is 2.28. The topological polar surface area (TPSA) is 41.1 Å². The van der Waals surface area contributed by atoms with Crippen LogP contribution < -0.4 is 10.6 Å². The summed E-state index contributed by atoms with van der Waals surface area (Å²) in [5, 5.41) is 7.68. The van der Waals surface area contributed by atoms with Gasteiger partial charge in [0, 0.05) is 16.1 Å². The first-order chi connectivity index (χ1) is 11.3. The molecule has 0 unspecified atom stereocenters. The van der Waals surface area contributed by atoms with Gasteiger partial charge >= 0.3 is 0 Å². The number of amides is 1. The maximum absolute atomic E-state index is 12.2. The molecule has 0 radical (unpaired) electrons. The number of hydrogen-bond acceptors (Lipinski definition) is 2. The Bertz CT molecular complexity index is 739. The summed E-state index contributed by atoms with van der Waals surface area (Å²) in [4.78, 5) is 12.2. The van der Waals surface area contributed by atoms with Crippen molar-refractivity contribution in [1.29, 1.82) is 0 Å². The number of halogens is 3. The maximum Gasteiger partial charge on any atom is 0.238 e. The van der Waals surface area contributed by atoms with Gasteiger partial charge in [-0.05, 0) is 55.7 Å². The molecule has 0 aliphatic carbocycles. The second-order valence-corrected chi connectivity index (χ2v) is 7.01. The summed E-state index contributed by atoms with van der Waals surface area (Å²) < 4.78 is 0. The minimum atomic E-state index is -0.166. The largest absolute Gasteiger partial charge is 0.323 e. The second kappa shape index (κ2) is 8.21. The molecule has 2 N–H and O–H groups in total. The Labute approximate surface area is 157 Å². The summed E-state index contributed by atoms with van der Waals surface area (Å²) in [7, 11) is 0. The molecular weight excluding hydrogens is 367 g/mol. The molecule has 0 saturated heterocycles. The SMILES string of the molecule is Cc1cc(C)c(NC(=O)CN[C@H](C)c2ccc(Cl)cc2Cl)c(Cl)c1. The van der Waals surface area contributed by atoms with Crippen molar-refractivity contribution in [1.82, 2.24) is 5.32 Å². The van der Waals surface area contributed by atoms with Crippen LogP contribution in [0.25, 0.3) is 0 Å². The standard InChI is InChI=1S/C18H19Cl3N2O/c1-10-6-11(2)18(16(21)7-10)23-17(24)9-22-12(3)14-5-4-13(19)8-15(14)20/h4-8,12,22H,9H2,1-3H3,(H,23,24)/t12-/m1/s1. The Hall–Kier alpha value is -1.26. The van der Waals surface area contributed by atoms with Gasteiger partial charge < -0.3 is 10.6 Å². The maximum atomic E-state index is 12.2. The normalized spacial score (nSPS) is 12.1. The third-order valence-corrected chi connectivity index (χ3v) is 4.55. The lowest BCUT2D eigenvalue weighted by atomic mass is 10.1. The van der Waals surface area contributed by atoms with Crippen LogP contribution in [0.1, 0.15) is 29.7 Å². The summed E-state index contributed by atoms with van der Waals surface area (Å²) in [5.41, 5.74) is 3.52. The molecule has 0 aromatic heterocycles. The van der Waals surface area contributed by atoms with E-state index in [4.69, 9.17) is 34.8 Å². The van der Waals surface area contributed by atoms with Crippen molar-refractivity contribution < 1.29 is 4.79 Å². The average molecular weight is 386 g/mol. The summed E-state index contributed by atoms with van der Waals surface area (Å²) in [6.07, 6.45) is 0. The van der Waals surface area contributed by atoms with Crippen LogP contribution in [0.2, 0.25) is 15.1 Å². The quantitative estimate of drug-likeness (QED) is 0.708. The highest BCUT2D eigenvalue weighted by atomic mass is 35.5. The van der Waals surface area contributed by atoms with Crippen LogP contribution in [0.3, 0.4) is 0 Å². The number of aryl methyl sites for hydroxylation is 2. The van der Waals surface area contributed by atoms with Crippen molar-refractivity contribution >= 4 is 46.4 Å². The summed E-state index contributed by atoms with van der Waals surface area (Å²) in [6.45, 7) is 5.96. The third-order valence-electron chi connectivity index (χ3n) is 3.69. The highest BCUT2D eigenvalue weighted by molar-refractivity contribution is 6.35. The van der Waals surface area contributed by atoms with Crippen molar-refractivity contribution in [2.75, 3.05) is 11.9 Å². The third kappa shape index (κ3) is 4.87. The van der Waals surface area contributed by atoms with Crippen molar-refractivity contribution in [3.63, 3.8) is 0 Å². The number of benzene rings is 2. The first kappa shape index (κ1) is 19.1. The molecule has 1 amide bonds. The molecule has 2 aromatic carbocycles. The zero-order valence-corrected chi connectivity index (χ0v) is 16.0. The lowest BCUT2D eigenvalue weighted by molar-refractivity contribution is -0.115. The number of carbonyl (C=O) groups is 1. The molecule has 0 heterocycles. The molecule has 0 saturated carbocycles. The number of carbonyl (C=O) groups excluding carboxylic acids is 1. The lowest BCUT2D eigenvalue weighted by Crippen LogP contribution is -2.30. The molecule has 2 rings (SSSR count). The van der Waals surface area contributed by atoms with Crippen LogP contribution in [0, 0.1) is 13.8 Å². The predicted octanol–water partition coefficient (Wildman–Crippen LogP) is 5.55. The van der Waals surface area contributed by atoms with E-state index in [0.717, 1.165) is 16.7 Å². The van der Waals surface area contributed by atoms with Gasteiger partial charge in [0.25, 0.3) is 0 Å². The van der Waals surface area contributed by atoms with Crippen LogP contribution in [-0.4, -0.2) is 12.5 Å². The number of anilines is 1. The molecule has 2 aromatic rings. The van der Waals surface area contributed by atoms with Crippen molar-refractivity contribution in [2.45, 2.75) is 26.8 Å². The minimum absolute atomic E-state index is 0.0879. The Balaban J connectivity index is 1.98. The molecule has 24 heavy (non-hydrogen) atoms. The first-order valence-electron chi connectivity index (χ1n) is 7.53. The van der Waals surface area contributed by atoms with Gasteiger partial charge in [0.1, 0.15) is 0 Å². The van der Waals surface area contributed by atoms with Gasteiger partial charge in [-0.3, -0.25) is 4.79 Å². The van der Waals surface area contributed by atoms with E-state index in [9.17, 15) is 4.79 Å². The molecule has 3 nitrogen and oxygen atoms in total. The van der Waals surface area contributed by atoms with Crippen molar-refractivity contribution in [3.8, 4) is 0 Å². The monoisotopic (exact) mass is 384 g/mol. The Morgan fingerprint density at radius 3 is 2.42 bits per heavy atom. The minimum Gasteiger partial charge on any atom is -0.323 e. The van der Waals surface area contributed by atoms with Crippen molar-refractivity contribution in [2.24, 2.45) is 0 Å². The van der Waals surface area contributed by atoms with E-state index in [2.05, 4.69) is 10.6 Å². The average Bonchev–Trinajstić information content (AvgIpc) is 2.48. The van der Waals surface area contributed by atoms with E-state index in [1.165, 1.54) is 0 Å². The molecule has 128 valence electrons. The summed E-state index contributed by atoms with van der Waals surface area (Å²) in [6, 6.07) is 9.03. The Kier molecular flexibility index (Phi) is 6.53. The van der Waals surface area contributed by atoms with Crippen LogP contribution in [0.5, 0.6) is 0 Å². The van der Waals surface area contributed by atoms with Gasteiger partial charge in [-0.1, -0.05) is 46.9 Å². The van der Waals surface area contributed by atoms with E-state index in [1.807, 2.05) is 39.0 Å². The van der Waals surface area contributed by atoms with E-state index in [1.54, 1.807) is 12.1 Å². The van der Waals surface area contributed by atoms with Gasteiger partial charge in [0.2, 0.25) is 5.91 Å². The zero-order chi connectivity index (χ0) is 17.9. The fraction of sp³-hybridized carbons (Fsp3) is 0.278. The second-order valence-electron chi connectivity index (χ2n) is 5.76. The smallest absolute Gasteiger partial charge is 0.238 e. The molecule has 6 heteroatoms. The van der Waals surface area contributed by atoms with Gasteiger partial charge in [-0.2, -0.15) is 0 Å². The van der Waals surface area contributed by atoms with Crippen LogP contribution in [-0.2, 0) is 4.79 Å². The van der Waals surface area contributed by atoms with Gasteiger partial charge in [0.05, 0.1) is 17.3 Å².